The molecule has 0 aromatic heterocycles. The zero-order valence-electron chi connectivity index (χ0n) is 10.6. The summed E-state index contributed by atoms with van der Waals surface area (Å²) in [5, 5.41) is 9.77. The standard InChI is InChI=1S/C15H18N2/c1-4-10-8-9-13-14-11(10)6-5-7-12(14)16-15(2,3)17-13/h5-9,16-17H,4H2,1-3H3. The smallest absolute Gasteiger partial charge is 0.102 e. The van der Waals surface area contributed by atoms with Gasteiger partial charge >= 0.3 is 0 Å². The summed E-state index contributed by atoms with van der Waals surface area (Å²) in [6.07, 6.45) is 1.07. The number of aryl methyl sites for hydroxylation is 1. The van der Waals surface area contributed by atoms with E-state index in [1.807, 2.05) is 0 Å². The number of anilines is 2. The average Bonchev–Trinajstić information content (AvgIpc) is 2.28. The molecule has 0 spiro atoms. The molecule has 0 amide bonds. The zero-order chi connectivity index (χ0) is 12.0. The van der Waals surface area contributed by atoms with Crippen molar-refractivity contribution in [1.82, 2.24) is 0 Å². The third-order valence-corrected chi connectivity index (χ3v) is 3.41. The molecule has 1 aliphatic rings. The van der Waals surface area contributed by atoms with Crippen LogP contribution in [0.3, 0.4) is 0 Å². The Morgan fingerprint density at radius 3 is 2.41 bits per heavy atom. The summed E-state index contributed by atoms with van der Waals surface area (Å²) in [7, 11) is 0. The normalized spacial score (nSPS) is 16.4. The third-order valence-electron chi connectivity index (χ3n) is 3.41. The topological polar surface area (TPSA) is 24.1 Å². The maximum Gasteiger partial charge on any atom is 0.102 e. The van der Waals surface area contributed by atoms with Gasteiger partial charge in [-0.3, -0.25) is 0 Å². The Kier molecular flexibility index (Phi) is 2.09. The molecule has 2 aromatic carbocycles. The molecule has 0 atom stereocenters. The molecule has 2 N–H and O–H groups in total. The van der Waals surface area contributed by atoms with Crippen molar-refractivity contribution in [3.05, 3.63) is 35.9 Å². The molecule has 0 bridgehead atoms. The Hall–Kier alpha value is -1.70. The Bertz CT molecular complexity index is 570. The molecule has 1 heterocycles. The molecule has 1 aliphatic heterocycles. The first-order valence-corrected chi connectivity index (χ1v) is 6.22. The van der Waals surface area contributed by atoms with E-state index in [1.54, 1.807) is 0 Å². The first kappa shape index (κ1) is 10.5. The van der Waals surface area contributed by atoms with Gasteiger partial charge in [0, 0.05) is 16.8 Å². The lowest BCUT2D eigenvalue weighted by Gasteiger charge is -2.36. The van der Waals surface area contributed by atoms with Crippen molar-refractivity contribution in [1.29, 1.82) is 0 Å². The molecule has 2 heteroatoms. The van der Waals surface area contributed by atoms with Gasteiger partial charge in [-0.15, -0.1) is 0 Å². The minimum atomic E-state index is -0.0883. The van der Waals surface area contributed by atoms with Crippen molar-refractivity contribution in [2.75, 3.05) is 10.6 Å². The van der Waals surface area contributed by atoms with Crippen LogP contribution < -0.4 is 10.6 Å². The van der Waals surface area contributed by atoms with Gasteiger partial charge in [0.15, 0.2) is 0 Å². The van der Waals surface area contributed by atoms with Gasteiger partial charge in [-0.2, -0.15) is 0 Å². The van der Waals surface area contributed by atoms with E-state index in [0.29, 0.717) is 0 Å². The molecule has 0 unspecified atom stereocenters. The van der Waals surface area contributed by atoms with E-state index in [-0.39, 0.29) is 5.66 Å². The summed E-state index contributed by atoms with van der Waals surface area (Å²) in [4.78, 5) is 0. The van der Waals surface area contributed by atoms with E-state index in [1.165, 1.54) is 27.7 Å². The van der Waals surface area contributed by atoms with Crippen LogP contribution in [0.5, 0.6) is 0 Å². The number of nitrogens with one attached hydrogen (secondary N) is 2. The van der Waals surface area contributed by atoms with Crippen molar-refractivity contribution >= 4 is 22.1 Å². The van der Waals surface area contributed by atoms with Crippen LogP contribution in [0.4, 0.5) is 11.4 Å². The summed E-state index contributed by atoms with van der Waals surface area (Å²) in [6.45, 7) is 6.52. The maximum atomic E-state index is 3.54. The fourth-order valence-electron chi connectivity index (χ4n) is 2.69. The van der Waals surface area contributed by atoms with Gasteiger partial charge in [-0.25, -0.2) is 0 Å². The number of benzene rings is 2. The van der Waals surface area contributed by atoms with E-state index in [9.17, 15) is 0 Å². The quantitative estimate of drug-likeness (QED) is 0.768. The van der Waals surface area contributed by atoms with E-state index >= 15 is 0 Å². The lowest BCUT2D eigenvalue weighted by Crippen LogP contribution is -2.41. The summed E-state index contributed by atoms with van der Waals surface area (Å²) >= 11 is 0. The average molecular weight is 226 g/mol. The highest BCUT2D eigenvalue weighted by Gasteiger charge is 2.24. The molecule has 2 nitrogen and oxygen atoms in total. The van der Waals surface area contributed by atoms with Gasteiger partial charge in [0.2, 0.25) is 0 Å². The highest BCUT2D eigenvalue weighted by Crippen LogP contribution is 2.38. The van der Waals surface area contributed by atoms with Gasteiger partial charge in [0.1, 0.15) is 5.66 Å². The Morgan fingerprint density at radius 2 is 1.71 bits per heavy atom. The van der Waals surface area contributed by atoms with Crippen LogP contribution >= 0.6 is 0 Å². The van der Waals surface area contributed by atoms with Crippen LogP contribution in [0, 0.1) is 0 Å². The van der Waals surface area contributed by atoms with Crippen LogP contribution in [0.25, 0.3) is 10.8 Å². The van der Waals surface area contributed by atoms with Gasteiger partial charge in [0.05, 0.1) is 0 Å². The molecular weight excluding hydrogens is 208 g/mol. The molecule has 0 fully saturated rings. The summed E-state index contributed by atoms with van der Waals surface area (Å²) < 4.78 is 0. The molecule has 0 saturated carbocycles. The predicted molar refractivity (Wildman–Crippen MR) is 74.7 cm³/mol. The van der Waals surface area contributed by atoms with Crippen molar-refractivity contribution in [3.8, 4) is 0 Å². The van der Waals surface area contributed by atoms with E-state index in [0.717, 1.165) is 6.42 Å². The molecule has 3 rings (SSSR count). The number of rotatable bonds is 1. The summed E-state index contributed by atoms with van der Waals surface area (Å²) in [6, 6.07) is 10.9. The van der Waals surface area contributed by atoms with Crippen molar-refractivity contribution in [2.45, 2.75) is 32.9 Å². The minimum Gasteiger partial charge on any atom is -0.363 e. The highest BCUT2D eigenvalue weighted by molar-refractivity contribution is 6.06. The van der Waals surface area contributed by atoms with Crippen LogP contribution in [-0.2, 0) is 6.42 Å². The second-order valence-corrected chi connectivity index (χ2v) is 5.23. The molecule has 2 aromatic rings. The van der Waals surface area contributed by atoms with E-state index in [4.69, 9.17) is 0 Å². The number of hydrogen-bond donors (Lipinski definition) is 2. The first-order valence-electron chi connectivity index (χ1n) is 6.22. The molecule has 88 valence electrons. The van der Waals surface area contributed by atoms with Gasteiger partial charge in [0.25, 0.3) is 0 Å². The predicted octanol–water partition coefficient (Wildman–Crippen LogP) is 3.98. The Balaban J connectivity index is 2.34. The molecule has 0 saturated heterocycles. The fourth-order valence-corrected chi connectivity index (χ4v) is 2.69. The third kappa shape index (κ3) is 1.55. The van der Waals surface area contributed by atoms with Gasteiger partial charge in [-0.05, 0) is 43.4 Å². The lowest BCUT2D eigenvalue weighted by atomic mass is 9.96. The molecule has 17 heavy (non-hydrogen) atoms. The maximum absolute atomic E-state index is 3.54. The molecule has 0 aliphatic carbocycles. The van der Waals surface area contributed by atoms with Crippen LogP contribution in [-0.4, -0.2) is 5.66 Å². The summed E-state index contributed by atoms with van der Waals surface area (Å²) in [5.41, 5.74) is 3.79. The Labute approximate surface area is 102 Å². The zero-order valence-corrected chi connectivity index (χ0v) is 10.6. The highest BCUT2D eigenvalue weighted by atomic mass is 15.2. The van der Waals surface area contributed by atoms with Crippen LogP contribution in [0.15, 0.2) is 30.3 Å². The second kappa shape index (κ2) is 3.39. The van der Waals surface area contributed by atoms with E-state index in [2.05, 4.69) is 61.7 Å². The van der Waals surface area contributed by atoms with Crippen LogP contribution in [0.1, 0.15) is 26.3 Å². The van der Waals surface area contributed by atoms with Gasteiger partial charge in [-0.1, -0.05) is 25.1 Å². The monoisotopic (exact) mass is 226 g/mol. The summed E-state index contributed by atoms with van der Waals surface area (Å²) in [5.74, 6) is 0. The SMILES string of the molecule is CCc1ccc2c3c(cccc13)NC(C)(C)N2. The first-order chi connectivity index (χ1) is 8.11. The van der Waals surface area contributed by atoms with Crippen molar-refractivity contribution in [3.63, 3.8) is 0 Å². The van der Waals surface area contributed by atoms with Crippen molar-refractivity contribution < 1.29 is 0 Å². The van der Waals surface area contributed by atoms with E-state index < -0.39 is 0 Å². The Morgan fingerprint density at radius 1 is 1.00 bits per heavy atom. The largest absolute Gasteiger partial charge is 0.363 e. The molecule has 0 radical (unpaired) electrons. The second-order valence-electron chi connectivity index (χ2n) is 5.23. The van der Waals surface area contributed by atoms with Gasteiger partial charge < -0.3 is 10.6 Å². The lowest BCUT2D eigenvalue weighted by molar-refractivity contribution is 0.649. The minimum absolute atomic E-state index is 0.0883. The van der Waals surface area contributed by atoms with Crippen molar-refractivity contribution in [2.24, 2.45) is 0 Å². The fraction of sp³-hybridized carbons (Fsp3) is 0.333. The van der Waals surface area contributed by atoms with Crippen LogP contribution in [0.2, 0.25) is 0 Å². The number of hydrogen-bond acceptors (Lipinski definition) is 2. The molecular formula is C15H18N2.